The van der Waals surface area contributed by atoms with Crippen molar-refractivity contribution in [2.75, 3.05) is 64.1 Å². The lowest BCUT2D eigenvalue weighted by molar-refractivity contribution is -0.144. The number of carbonyl (C=O) groups is 3. The fourth-order valence-electron chi connectivity index (χ4n) is 5.88. The number of carbonyl (C=O) groups excluding carboxylic acids is 3. The van der Waals surface area contributed by atoms with Crippen LogP contribution in [0.25, 0.3) is 5.76 Å². The van der Waals surface area contributed by atoms with Crippen molar-refractivity contribution in [2.45, 2.75) is 12.5 Å². The summed E-state index contributed by atoms with van der Waals surface area (Å²) in [7, 11) is 0. The number of aliphatic hydroxyl groups is 1. The highest BCUT2D eigenvalue weighted by molar-refractivity contribution is 6.50. The second-order valence-corrected chi connectivity index (χ2v) is 9.60. The lowest BCUT2D eigenvalue weighted by atomic mass is 9.82. The predicted molar refractivity (Wildman–Crippen MR) is 137 cm³/mol. The van der Waals surface area contributed by atoms with Gasteiger partial charge in [-0.05, 0) is 31.2 Å². The monoisotopic (exact) mass is 519 g/mol. The summed E-state index contributed by atoms with van der Waals surface area (Å²) in [5.74, 6) is -1.60. The van der Waals surface area contributed by atoms with Crippen LogP contribution in [-0.4, -0.2) is 91.7 Å². The average Bonchev–Trinajstić information content (AvgIpc) is 3.34. The SMILES string of the molecule is CCN1C(=O)[C@@]2(C(=C(O)c3ccc4c(c3)OCCO4)C(=O)C(=O)N2CCN2CCOCC2)c2ccccc21. The summed E-state index contributed by atoms with van der Waals surface area (Å²) in [4.78, 5) is 46.7. The lowest BCUT2D eigenvalue weighted by Gasteiger charge is -2.36. The number of hydrogen-bond acceptors (Lipinski definition) is 8. The molecule has 0 aliphatic carbocycles. The predicted octanol–water partition coefficient (Wildman–Crippen LogP) is 1.73. The minimum absolute atomic E-state index is 0.139. The third-order valence-electron chi connectivity index (χ3n) is 7.68. The Hall–Kier alpha value is -3.89. The Balaban J connectivity index is 1.53. The molecule has 1 atom stereocenters. The molecule has 0 saturated carbocycles. The van der Waals surface area contributed by atoms with E-state index in [0.29, 0.717) is 75.4 Å². The Bertz CT molecular complexity index is 1350. The molecule has 4 aliphatic rings. The first-order valence-electron chi connectivity index (χ1n) is 12.9. The number of aliphatic hydroxyl groups excluding tert-OH is 1. The molecule has 0 radical (unpaired) electrons. The van der Waals surface area contributed by atoms with E-state index in [2.05, 4.69) is 4.90 Å². The second kappa shape index (κ2) is 9.45. The molecule has 198 valence electrons. The first-order chi connectivity index (χ1) is 18.5. The summed E-state index contributed by atoms with van der Waals surface area (Å²) in [6, 6.07) is 12.0. The molecule has 2 fully saturated rings. The molecule has 6 rings (SSSR count). The van der Waals surface area contributed by atoms with E-state index in [9.17, 15) is 19.5 Å². The normalized spacial score (nSPS) is 24.4. The van der Waals surface area contributed by atoms with E-state index in [1.54, 1.807) is 41.3 Å². The Morgan fingerprint density at radius 3 is 2.45 bits per heavy atom. The number of rotatable bonds is 5. The fourth-order valence-corrected chi connectivity index (χ4v) is 5.88. The van der Waals surface area contributed by atoms with Crippen molar-refractivity contribution < 1.29 is 33.7 Å². The highest BCUT2D eigenvalue weighted by Crippen LogP contribution is 2.53. The van der Waals surface area contributed by atoms with Crippen LogP contribution in [0.1, 0.15) is 18.1 Å². The molecule has 10 nitrogen and oxygen atoms in total. The van der Waals surface area contributed by atoms with Crippen molar-refractivity contribution in [3.63, 3.8) is 0 Å². The standard InChI is InChI=1S/C28H29N3O7/c1-2-30-20-6-4-3-5-19(20)28(27(30)35)23(24(32)18-7-8-21-22(17-18)38-16-15-37-21)25(33)26(34)31(28)10-9-29-11-13-36-14-12-29/h3-8,17,32H,2,9-16H2,1H3/t28-/m0/s1. The molecule has 2 saturated heterocycles. The van der Waals surface area contributed by atoms with Crippen LogP contribution in [0, 0.1) is 0 Å². The van der Waals surface area contributed by atoms with Gasteiger partial charge in [0.25, 0.3) is 17.6 Å². The number of amides is 2. The van der Waals surface area contributed by atoms with Gasteiger partial charge < -0.3 is 29.1 Å². The first kappa shape index (κ1) is 24.4. The van der Waals surface area contributed by atoms with Crippen molar-refractivity contribution in [1.29, 1.82) is 0 Å². The average molecular weight is 520 g/mol. The molecular formula is C28H29N3O7. The van der Waals surface area contributed by atoms with Crippen LogP contribution in [0.15, 0.2) is 48.0 Å². The number of para-hydroxylation sites is 1. The van der Waals surface area contributed by atoms with Gasteiger partial charge in [0, 0.05) is 43.9 Å². The molecule has 10 heteroatoms. The summed E-state index contributed by atoms with van der Waals surface area (Å²) in [6.07, 6.45) is 0. The van der Waals surface area contributed by atoms with Crippen LogP contribution in [-0.2, 0) is 24.7 Å². The van der Waals surface area contributed by atoms with Gasteiger partial charge in [0.2, 0.25) is 0 Å². The molecule has 1 spiro atoms. The van der Waals surface area contributed by atoms with E-state index in [4.69, 9.17) is 14.2 Å². The zero-order valence-electron chi connectivity index (χ0n) is 21.1. The third-order valence-corrected chi connectivity index (χ3v) is 7.68. The molecule has 1 N–H and O–H groups in total. The van der Waals surface area contributed by atoms with Crippen LogP contribution in [0.2, 0.25) is 0 Å². The molecule has 38 heavy (non-hydrogen) atoms. The van der Waals surface area contributed by atoms with Gasteiger partial charge in [-0.3, -0.25) is 19.3 Å². The molecule has 2 aromatic rings. The number of benzene rings is 2. The number of anilines is 1. The van der Waals surface area contributed by atoms with Gasteiger partial charge in [-0.25, -0.2) is 0 Å². The smallest absolute Gasteiger partial charge is 0.296 e. The van der Waals surface area contributed by atoms with E-state index in [1.165, 1.54) is 4.90 Å². The van der Waals surface area contributed by atoms with E-state index in [1.807, 2.05) is 13.0 Å². The zero-order chi connectivity index (χ0) is 26.4. The maximum atomic E-state index is 14.3. The summed E-state index contributed by atoms with van der Waals surface area (Å²) in [5.41, 5.74) is -0.613. The number of hydrogen-bond donors (Lipinski definition) is 1. The number of likely N-dealkylation sites (tertiary alicyclic amines) is 1. The van der Waals surface area contributed by atoms with Crippen LogP contribution >= 0.6 is 0 Å². The number of nitrogens with zero attached hydrogens (tertiary/aromatic N) is 3. The van der Waals surface area contributed by atoms with E-state index >= 15 is 0 Å². The van der Waals surface area contributed by atoms with Crippen molar-refractivity contribution >= 4 is 29.0 Å². The summed E-state index contributed by atoms with van der Waals surface area (Å²) in [5, 5.41) is 11.7. The number of fused-ring (bicyclic) bond motifs is 3. The van der Waals surface area contributed by atoms with Gasteiger partial charge in [-0.15, -0.1) is 0 Å². The lowest BCUT2D eigenvalue weighted by Crippen LogP contribution is -2.54. The largest absolute Gasteiger partial charge is 0.507 e. The number of morpholine rings is 1. The highest BCUT2D eigenvalue weighted by Gasteiger charge is 2.66. The van der Waals surface area contributed by atoms with Gasteiger partial charge in [0.05, 0.1) is 24.5 Å². The van der Waals surface area contributed by atoms with Crippen LogP contribution in [0.4, 0.5) is 5.69 Å². The summed E-state index contributed by atoms with van der Waals surface area (Å²) < 4.78 is 16.7. The van der Waals surface area contributed by atoms with Crippen LogP contribution in [0.3, 0.4) is 0 Å². The summed E-state index contributed by atoms with van der Waals surface area (Å²) in [6.45, 7) is 6.10. The Morgan fingerprint density at radius 1 is 0.947 bits per heavy atom. The van der Waals surface area contributed by atoms with E-state index < -0.39 is 28.9 Å². The van der Waals surface area contributed by atoms with Gasteiger partial charge in [-0.2, -0.15) is 0 Å². The minimum Gasteiger partial charge on any atom is -0.507 e. The van der Waals surface area contributed by atoms with E-state index in [0.717, 1.165) is 0 Å². The Labute approximate surface area is 220 Å². The fraction of sp³-hybridized carbons (Fsp3) is 0.393. The van der Waals surface area contributed by atoms with Crippen LogP contribution in [0.5, 0.6) is 11.5 Å². The molecule has 0 bridgehead atoms. The molecule has 2 amide bonds. The van der Waals surface area contributed by atoms with Gasteiger partial charge in [0.1, 0.15) is 19.0 Å². The Kier molecular flexibility index (Phi) is 6.08. The number of ketones is 1. The highest BCUT2D eigenvalue weighted by atomic mass is 16.6. The van der Waals surface area contributed by atoms with Gasteiger partial charge >= 0.3 is 0 Å². The van der Waals surface area contributed by atoms with Crippen molar-refractivity contribution in [3.8, 4) is 11.5 Å². The molecule has 4 heterocycles. The third kappa shape index (κ3) is 3.51. The molecule has 0 aromatic heterocycles. The van der Waals surface area contributed by atoms with E-state index in [-0.39, 0.29) is 17.7 Å². The number of likely N-dealkylation sites (N-methyl/N-ethyl adjacent to an activating group) is 1. The van der Waals surface area contributed by atoms with Gasteiger partial charge in [-0.1, -0.05) is 18.2 Å². The summed E-state index contributed by atoms with van der Waals surface area (Å²) >= 11 is 0. The number of Topliss-reactive ketones (excluding diaryl/α,β-unsaturated/α-hetero) is 1. The molecule has 2 aromatic carbocycles. The second-order valence-electron chi connectivity index (χ2n) is 9.60. The van der Waals surface area contributed by atoms with Crippen molar-refractivity contribution in [3.05, 3.63) is 59.2 Å². The van der Waals surface area contributed by atoms with Crippen LogP contribution < -0.4 is 14.4 Å². The number of ether oxygens (including phenoxy) is 3. The molecule has 4 aliphatic heterocycles. The maximum absolute atomic E-state index is 14.3. The first-order valence-corrected chi connectivity index (χ1v) is 12.9. The maximum Gasteiger partial charge on any atom is 0.296 e. The zero-order valence-corrected chi connectivity index (χ0v) is 21.1. The molecule has 0 unspecified atom stereocenters. The Morgan fingerprint density at radius 2 is 1.68 bits per heavy atom. The molecular weight excluding hydrogens is 490 g/mol. The van der Waals surface area contributed by atoms with Crippen molar-refractivity contribution in [1.82, 2.24) is 9.80 Å². The van der Waals surface area contributed by atoms with Gasteiger partial charge in [0.15, 0.2) is 17.0 Å². The quantitative estimate of drug-likeness (QED) is 0.362. The minimum atomic E-state index is -1.77. The topological polar surface area (TPSA) is 109 Å². The van der Waals surface area contributed by atoms with Crippen molar-refractivity contribution in [2.24, 2.45) is 0 Å².